The molecule has 2 rings (SSSR count). The number of nitro benzene ring substituents is 1. The van der Waals surface area contributed by atoms with Gasteiger partial charge in [-0.15, -0.1) is 0 Å². The molecule has 7 nitrogen and oxygen atoms in total. The van der Waals surface area contributed by atoms with Crippen LogP contribution < -0.4 is 5.32 Å². The van der Waals surface area contributed by atoms with Gasteiger partial charge in [-0.2, -0.15) is 4.98 Å². The first kappa shape index (κ1) is 12.3. The van der Waals surface area contributed by atoms with Crippen LogP contribution in [0.25, 0.3) is 0 Å². The molecule has 1 heterocycles. The largest absolute Gasteiger partial charge is 0.379 e. The first-order valence-corrected chi connectivity index (χ1v) is 5.48. The van der Waals surface area contributed by atoms with Crippen molar-refractivity contribution < 1.29 is 9.45 Å². The monoisotopic (exact) mass is 268 g/mol. The second kappa shape index (κ2) is 5.46. The molecule has 0 atom stereocenters. The minimum atomic E-state index is -0.467. The van der Waals surface area contributed by atoms with E-state index in [2.05, 4.69) is 15.5 Å². The average Bonchev–Trinajstić information content (AvgIpc) is 2.82. The predicted octanol–water partition coefficient (Wildman–Crippen LogP) is 2.29. The molecule has 0 aliphatic rings. The molecule has 1 aromatic heterocycles. The number of anilines is 1. The van der Waals surface area contributed by atoms with Gasteiger partial charge in [-0.25, -0.2) is 0 Å². The summed E-state index contributed by atoms with van der Waals surface area (Å²) in [6.45, 7) is 0.434. The van der Waals surface area contributed by atoms with Crippen molar-refractivity contribution in [3.8, 4) is 0 Å². The van der Waals surface area contributed by atoms with Gasteiger partial charge in [-0.05, 0) is 12.1 Å². The van der Waals surface area contributed by atoms with Gasteiger partial charge in [0.2, 0.25) is 5.89 Å². The Balaban J connectivity index is 2.03. The fourth-order valence-corrected chi connectivity index (χ4v) is 1.59. The van der Waals surface area contributed by atoms with Crippen molar-refractivity contribution in [1.82, 2.24) is 10.1 Å². The summed E-state index contributed by atoms with van der Waals surface area (Å²) in [5, 5.41) is 17.6. The van der Waals surface area contributed by atoms with E-state index in [0.717, 1.165) is 0 Å². The maximum Gasteiger partial charge on any atom is 0.292 e. The standard InChI is InChI=1S/C10H9ClN4O3/c11-7-1-2-9(15(16)17)8(5-7)12-4-3-10-13-6-14-18-10/h1-2,5-6,12H,3-4H2. The summed E-state index contributed by atoms with van der Waals surface area (Å²) in [4.78, 5) is 14.2. The minimum Gasteiger partial charge on any atom is -0.379 e. The lowest BCUT2D eigenvalue weighted by Crippen LogP contribution is -2.07. The lowest BCUT2D eigenvalue weighted by Gasteiger charge is -2.05. The quantitative estimate of drug-likeness (QED) is 0.660. The van der Waals surface area contributed by atoms with Crippen LogP contribution in [-0.4, -0.2) is 21.6 Å². The van der Waals surface area contributed by atoms with Crippen LogP contribution in [-0.2, 0) is 6.42 Å². The van der Waals surface area contributed by atoms with E-state index in [9.17, 15) is 10.1 Å². The summed E-state index contributed by atoms with van der Waals surface area (Å²) in [5.41, 5.74) is 0.344. The smallest absolute Gasteiger partial charge is 0.292 e. The van der Waals surface area contributed by atoms with E-state index in [4.69, 9.17) is 16.1 Å². The Hall–Kier alpha value is -2.15. The molecule has 2 aromatic rings. The zero-order valence-electron chi connectivity index (χ0n) is 9.17. The van der Waals surface area contributed by atoms with E-state index in [0.29, 0.717) is 29.6 Å². The molecule has 0 amide bonds. The van der Waals surface area contributed by atoms with Crippen LogP contribution in [0.15, 0.2) is 29.0 Å². The van der Waals surface area contributed by atoms with Gasteiger partial charge in [-0.3, -0.25) is 10.1 Å². The molecule has 18 heavy (non-hydrogen) atoms. The summed E-state index contributed by atoms with van der Waals surface area (Å²) >= 11 is 5.80. The summed E-state index contributed by atoms with van der Waals surface area (Å²) in [6.07, 6.45) is 1.78. The van der Waals surface area contributed by atoms with Crippen molar-refractivity contribution in [2.75, 3.05) is 11.9 Å². The number of hydrogen-bond donors (Lipinski definition) is 1. The maximum atomic E-state index is 10.8. The molecular weight excluding hydrogens is 260 g/mol. The molecule has 0 saturated carbocycles. The molecule has 0 fully saturated rings. The summed E-state index contributed by atoms with van der Waals surface area (Å²) in [5.74, 6) is 0.465. The highest BCUT2D eigenvalue weighted by molar-refractivity contribution is 6.31. The number of hydrogen-bond acceptors (Lipinski definition) is 6. The van der Waals surface area contributed by atoms with E-state index >= 15 is 0 Å². The molecule has 0 bridgehead atoms. The summed E-state index contributed by atoms with van der Waals surface area (Å²) in [6, 6.07) is 4.34. The van der Waals surface area contributed by atoms with Crippen molar-refractivity contribution in [1.29, 1.82) is 0 Å². The fourth-order valence-electron chi connectivity index (χ4n) is 1.42. The van der Waals surface area contributed by atoms with Crippen LogP contribution in [0.5, 0.6) is 0 Å². The molecule has 0 saturated heterocycles. The van der Waals surface area contributed by atoms with E-state index in [1.165, 1.54) is 24.5 Å². The van der Waals surface area contributed by atoms with Crippen LogP contribution in [0.1, 0.15) is 5.89 Å². The second-order valence-electron chi connectivity index (χ2n) is 3.43. The lowest BCUT2D eigenvalue weighted by atomic mass is 10.2. The van der Waals surface area contributed by atoms with E-state index in [1.807, 2.05) is 0 Å². The van der Waals surface area contributed by atoms with E-state index in [1.54, 1.807) is 0 Å². The van der Waals surface area contributed by atoms with Gasteiger partial charge >= 0.3 is 0 Å². The molecule has 0 radical (unpaired) electrons. The van der Waals surface area contributed by atoms with Crippen LogP contribution in [0.3, 0.4) is 0 Å². The lowest BCUT2D eigenvalue weighted by molar-refractivity contribution is -0.384. The highest BCUT2D eigenvalue weighted by Crippen LogP contribution is 2.27. The van der Waals surface area contributed by atoms with Gasteiger partial charge in [0.15, 0.2) is 6.33 Å². The molecule has 0 aliphatic heterocycles. The normalized spacial score (nSPS) is 10.3. The number of halogens is 1. The fraction of sp³-hybridized carbons (Fsp3) is 0.200. The Morgan fingerprint density at radius 3 is 3.00 bits per heavy atom. The third-order valence-corrected chi connectivity index (χ3v) is 2.45. The number of nitro groups is 1. The molecule has 1 aromatic carbocycles. The zero-order chi connectivity index (χ0) is 13.0. The van der Waals surface area contributed by atoms with Gasteiger partial charge < -0.3 is 9.84 Å². The van der Waals surface area contributed by atoms with Crippen molar-refractivity contribution >= 4 is 23.0 Å². The van der Waals surface area contributed by atoms with Crippen molar-refractivity contribution in [2.24, 2.45) is 0 Å². The number of aromatic nitrogens is 2. The minimum absolute atomic E-state index is 0.0232. The first-order valence-electron chi connectivity index (χ1n) is 5.10. The molecule has 8 heteroatoms. The van der Waals surface area contributed by atoms with Gasteiger partial charge in [0, 0.05) is 24.1 Å². The SMILES string of the molecule is O=[N+]([O-])c1ccc(Cl)cc1NCCc1ncno1. The predicted molar refractivity (Wildman–Crippen MR) is 64.6 cm³/mol. The Kier molecular flexibility index (Phi) is 3.73. The van der Waals surface area contributed by atoms with Crippen molar-refractivity contribution in [3.05, 3.63) is 45.6 Å². The molecule has 0 aliphatic carbocycles. The zero-order valence-corrected chi connectivity index (χ0v) is 9.92. The highest BCUT2D eigenvalue weighted by atomic mass is 35.5. The molecule has 0 unspecified atom stereocenters. The molecule has 0 spiro atoms. The third kappa shape index (κ3) is 2.95. The van der Waals surface area contributed by atoms with Crippen molar-refractivity contribution in [3.63, 3.8) is 0 Å². The van der Waals surface area contributed by atoms with Crippen molar-refractivity contribution in [2.45, 2.75) is 6.42 Å². The molecule has 94 valence electrons. The molecule has 1 N–H and O–H groups in total. The number of nitrogens with zero attached hydrogens (tertiary/aromatic N) is 3. The van der Waals surface area contributed by atoms with Gasteiger partial charge in [-0.1, -0.05) is 16.8 Å². The van der Waals surface area contributed by atoms with Crippen LogP contribution in [0, 0.1) is 10.1 Å². The molecular formula is C10H9ClN4O3. The van der Waals surface area contributed by atoms with Crippen LogP contribution in [0.2, 0.25) is 5.02 Å². The summed E-state index contributed by atoms with van der Waals surface area (Å²) in [7, 11) is 0. The van der Waals surface area contributed by atoms with Crippen LogP contribution >= 0.6 is 11.6 Å². The van der Waals surface area contributed by atoms with E-state index in [-0.39, 0.29) is 5.69 Å². The van der Waals surface area contributed by atoms with Gasteiger partial charge in [0.25, 0.3) is 5.69 Å². The number of benzene rings is 1. The van der Waals surface area contributed by atoms with E-state index < -0.39 is 4.92 Å². The number of rotatable bonds is 5. The van der Waals surface area contributed by atoms with Gasteiger partial charge in [0.05, 0.1) is 4.92 Å². The number of nitrogens with one attached hydrogen (secondary N) is 1. The Bertz CT molecular complexity index is 544. The Morgan fingerprint density at radius 2 is 2.33 bits per heavy atom. The maximum absolute atomic E-state index is 10.8. The van der Waals surface area contributed by atoms with Crippen LogP contribution in [0.4, 0.5) is 11.4 Å². The average molecular weight is 269 g/mol. The Morgan fingerprint density at radius 1 is 1.50 bits per heavy atom. The second-order valence-corrected chi connectivity index (χ2v) is 3.87. The highest BCUT2D eigenvalue weighted by Gasteiger charge is 2.13. The van der Waals surface area contributed by atoms with Gasteiger partial charge in [0.1, 0.15) is 5.69 Å². The Labute approximate surface area is 107 Å². The summed E-state index contributed by atoms with van der Waals surface area (Å²) < 4.78 is 4.81. The third-order valence-electron chi connectivity index (χ3n) is 2.22. The topological polar surface area (TPSA) is 94.1 Å². The first-order chi connectivity index (χ1) is 8.66.